The van der Waals surface area contributed by atoms with Crippen molar-refractivity contribution in [2.75, 3.05) is 31.7 Å². The Morgan fingerprint density at radius 1 is 1.45 bits per heavy atom. The summed E-state index contributed by atoms with van der Waals surface area (Å²) < 4.78 is 48.6. The number of hydrogen-bond acceptors (Lipinski definition) is 5. The van der Waals surface area contributed by atoms with Crippen LogP contribution in [-0.2, 0) is 15.7 Å². The first-order valence-corrected chi connectivity index (χ1v) is 6.19. The topological polar surface area (TPSA) is 47.5 Å². The molecule has 2 atom stereocenters. The summed E-state index contributed by atoms with van der Waals surface area (Å²) in [5.74, 6) is 0.0658. The highest BCUT2D eigenvalue weighted by atomic mass is 19.4. The van der Waals surface area contributed by atoms with E-state index >= 15 is 0 Å². The Bertz CT molecular complexity index is 456. The van der Waals surface area contributed by atoms with Gasteiger partial charge in [-0.2, -0.15) is 13.2 Å². The first kappa shape index (κ1) is 15.0. The highest BCUT2D eigenvalue weighted by Crippen LogP contribution is 2.28. The van der Waals surface area contributed by atoms with E-state index in [-0.39, 0.29) is 18.2 Å². The van der Waals surface area contributed by atoms with E-state index in [1.54, 1.807) is 12.0 Å². The molecular formula is C12H16F3N3O2. The lowest BCUT2D eigenvalue weighted by atomic mass is 10.2. The molecule has 5 nitrogen and oxygen atoms in total. The maximum absolute atomic E-state index is 12.7. The second-order valence-electron chi connectivity index (χ2n) is 4.67. The van der Waals surface area contributed by atoms with Crippen LogP contribution in [0, 0.1) is 0 Å². The quantitative estimate of drug-likeness (QED) is 0.849. The van der Waals surface area contributed by atoms with Crippen LogP contribution in [0.1, 0.15) is 12.6 Å². The maximum Gasteiger partial charge on any atom is 0.433 e. The number of nitrogens with zero attached hydrogens (tertiary/aromatic N) is 3. The van der Waals surface area contributed by atoms with Crippen molar-refractivity contribution >= 4 is 5.95 Å². The number of hydrogen-bond donors (Lipinski definition) is 0. The van der Waals surface area contributed by atoms with Crippen molar-refractivity contribution in [1.29, 1.82) is 0 Å². The van der Waals surface area contributed by atoms with Gasteiger partial charge in [0.2, 0.25) is 5.95 Å². The third-order valence-electron chi connectivity index (χ3n) is 2.89. The number of morpholine rings is 1. The molecule has 112 valence electrons. The van der Waals surface area contributed by atoms with Crippen LogP contribution in [0.4, 0.5) is 19.1 Å². The van der Waals surface area contributed by atoms with Gasteiger partial charge in [0.1, 0.15) is 5.69 Å². The average molecular weight is 291 g/mol. The van der Waals surface area contributed by atoms with E-state index in [1.807, 2.05) is 6.92 Å². The Kier molecular flexibility index (Phi) is 4.44. The molecule has 0 aromatic carbocycles. The van der Waals surface area contributed by atoms with Gasteiger partial charge >= 0.3 is 6.18 Å². The summed E-state index contributed by atoms with van der Waals surface area (Å²) in [4.78, 5) is 9.20. The largest absolute Gasteiger partial charge is 0.433 e. The lowest BCUT2D eigenvalue weighted by Crippen LogP contribution is -2.49. The summed E-state index contributed by atoms with van der Waals surface area (Å²) >= 11 is 0. The van der Waals surface area contributed by atoms with Gasteiger partial charge < -0.3 is 14.4 Å². The van der Waals surface area contributed by atoms with E-state index in [9.17, 15) is 13.2 Å². The van der Waals surface area contributed by atoms with E-state index < -0.39 is 11.9 Å². The van der Waals surface area contributed by atoms with Crippen LogP contribution >= 0.6 is 0 Å². The van der Waals surface area contributed by atoms with E-state index in [0.717, 1.165) is 12.3 Å². The number of rotatable bonds is 3. The Balaban J connectivity index is 2.18. The fourth-order valence-electron chi connectivity index (χ4n) is 2.15. The highest BCUT2D eigenvalue weighted by Gasteiger charge is 2.34. The normalized spacial score (nSPS) is 23.9. The number of halogens is 3. The van der Waals surface area contributed by atoms with Crippen LogP contribution in [0.5, 0.6) is 0 Å². The molecule has 2 heterocycles. The number of ether oxygens (including phenoxy) is 2. The second-order valence-corrected chi connectivity index (χ2v) is 4.67. The van der Waals surface area contributed by atoms with Crippen molar-refractivity contribution in [2.45, 2.75) is 25.3 Å². The Morgan fingerprint density at radius 3 is 2.85 bits per heavy atom. The molecule has 0 spiro atoms. The van der Waals surface area contributed by atoms with Crippen molar-refractivity contribution in [3.63, 3.8) is 0 Å². The summed E-state index contributed by atoms with van der Waals surface area (Å²) in [6, 6.07) is 0.861. The lowest BCUT2D eigenvalue weighted by molar-refractivity contribution is -0.141. The van der Waals surface area contributed by atoms with Gasteiger partial charge in [0.15, 0.2) is 0 Å². The Morgan fingerprint density at radius 2 is 2.20 bits per heavy atom. The van der Waals surface area contributed by atoms with E-state index in [0.29, 0.717) is 19.7 Å². The van der Waals surface area contributed by atoms with Crippen molar-refractivity contribution in [3.05, 3.63) is 18.0 Å². The highest BCUT2D eigenvalue weighted by molar-refractivity contribution is 5.32. The van der Waals surface area contributed by atoms with Gasteiger partial charge in [0.25, 0.3) is 0 Å². The van der Waals surface area contributed by atoms with E-state index in [1.165, 1.54) is 0 Å². The van der Waals surface area contributed by atoms with Crippen LogP contribution in [0.15, 0.2) is 12.3 Å². The molecule has 0 amide bonds. The zero-order valence-electron chi connectivity index (χ0n) is 11.2. The average Bonchev–Trinajstić information content (AvgIpc) is 2.37. The first-order chi connectivity index (χ1) is 9.40. The Hall–Kier alpha value is -1.41. The van der Waals surface area contributed by atoms with Crippen molar-refractivity contribution in [2.24, 2.45) is 0 Å². The molecule has 0 aliphatic carbocycles. The van der Waals surface area contributed by atoms with Crippen LogP contribution < -0.4 is 4.90 Å². The predicted molar refractivity (Wildman–Crippen MR) is 65.5 cm³/mol. The van der Waals surface area contributed by atoms with Gasteiger partial charge in [-0.25, -0.2) is 9.97 Å². The Labute approximate surface area is 114 Å². The third kappa shape index (κ3) is 3.57. The molecule has 2 rings (SSSR count). The lowest BCUT2D eigenvalue weighted by Gasteiger charge is -2.36. The minimum absolute atomic E-state index is 0.0658. The first-order valence-electron chi connectivity index (χ1n) is 6.19. The fraction of sp³-hybridized carbons (Fsp3) is 0.667. The monoisotopic (exact) mass is 291 g/mol. The molecule has 2 unspecified atom stereocenters. The van der Waals surface area contributed by atoms with Crippen molar-refractivity contribution in [1.82, 2.24) is 9.97 Å². The van der Waals surface area contributed by atoms with Gasteiger partial charge in [-0.3, -0.25) is 0 Å². The number of aromatic nitrogens is 2. The minimum Gasteiger partial charge on any atom is -0.382 e. The summed E-state index contributed by atoms with van der Waals surface area (Å²) in [6.45, 7) is 3.07. The van der Waals surface area contributed by atoms with Gasteiger partial charge in [-0.15, -0.1) is 0 Å². The number of alkyl halides is 3. The molecule has 0 bridgehead atoms. The standard InChI is InChI=1S/C12H16F3N3O2/c1-8-5-18(6-9(20-8)7-19-2)11-16-4-3-10(17-11)12(13,14)15/h3-4,8-9H,5-7H2,1-2H3. The zero-order valence-corrected chi connectivity index (χ0v) is 11.2. The number of methoxy groups -OCH3 is 1. The molecule has 0 saturated carbocycles. The molecule has 1 saturated heterocycles. The van der Waals surface area contributed by atoms with Gasteiger partial charge in [0.05, 0.1) is 18.8 Å². The molecule has 1 aromatic heterocycles. The van der Waals surface area contributed by atoms with Crippen molar-refractivity contribution < 1.29 is 22.6 Å². The maximum atomic E-state index is 12.7. The molecule has 8 heteroatoms. The zero-order chi connectivity index (χ0) is 14.8. The summed E-state index contributed by atoms with van der Waals surface area (Å²) in [7, 11) is 1.55. The molecule has 1 aromatic rings. The summed E-state index contributed by atoms with van der Waals surface area (Å²) in [5.41, 5.74) is -0.940. The fourth-order valence-corrected chi connectivity index (χ4v) is 2.15. The molecule has 1 aliphatic rings. The van der Waals surface area contributed by atoms with Crippen LogP contribution in [0.25, 0.3) is 0 Å². The smallest absolute Gasteiger partial charge is 0.382 e. The molecule has 1 fully saturated rings. The third-order valence-corrected chi connectivity index (χ3v) is 2.89. The summed E-state index contributed by atoms with van der Waals surface area (Å²) in [5, 5.41) is 0. The molecule has 1 aliphatic heterocycles. The molecule has 0 N–H and O–H groups in total. The van der Waals surface area contributed by atoms with E-state index in [2.05, 4.69) is 9.97 Å². The van der Waals surface area contributed by atoms with Crippen LogP contribution in [0.3, 0.4) is 0 Å². The van der Waals surface area contributed by atoms with Crippen LogP contribution in [-0.4, -0.2) is 49.0 Å². The molecule has 20 heavy (non-hydrogen) atoms. The number of anilines is 1. The van der Waals surface area contributed by atoms with Gasteiger partial charge in [-0.05, 0) is 13.0 Å². The SMILES string of the molecule is COCC1CN(c2nccc(C(F)(F)F)n2)CC(C)O1. The van der Waals surface area contributed by atoms with Crippen molar-refractivity contribution in [3.8, 4) is 0 Å². The second kappa shape index (κ2) is 5.92. The predicted octanol–water partition coefficient (Wildman–Crippen LogP) is 1.74. The van der Waals surface area contributed by atoms with Gasteiger partial charge in [-0.1, -0.05) is 0 Å². The molecule has 0 radical (unpaired) electrons. The van der Waals surface area contributed by atoms with Crippen LogP contribution in [0.2, 0.25) is 0 Å². The minimum atomic E-state index is -4.47. The summed E-state index contributed by atoms with van der Waals surface area (Å²) in [6.07, 6.45) is -3.68. The molecular weight excluding hydrogens is 275 g/mol. The van der Waals surface area contributed by atoms with E-state index in [4.69, 9.17) is 9.47 Å². The van der Waals surface area contributed by atoms with Gasteiger partial charge in [0, 0.05) is 26.4 Å².